The molecule has 9 nitrogen and oxygen atoms in total. The fraction of sp³-hybridized carbons (Fsp3) is 0.294. The first-order chi connectivity index (χ1) is 21.9. The summed E-state index contributed by atoms with van der Waals surface area (Å²) in [5, 5.41) is 13.5. The lowest BCUT2D eigenvalue weighted by Crippen LogP contribution is -2.37. The largest absolute Gasteiger partial charge is 0.478 e. The summed E-state index contributed by atoms with van der Waals surface area (Å²) >= 11 is 0. The quantitative estimate of drug-likeness (QED) is 0.147. The summed E-state index contributed by atoms with van der Waals surface area (Å²) in [6.45, 7) is 3.77. The second-order valence-corrected chi connectivity index (χ2v) is 11.8. The van der Waals surface area contributed by atoms with Crippen LogP contribution < -0.4 is 9.64 Å². The molecule has 1 aliphatic carbocycles. The summed E-state index contributed by atoms with van der Waals surface area (Å²) < 4.78 is 56.7. The highest BCUT2D eigenvalue weighted by Crippen LogP contribution is 2.40. The molecule has 1 N–H and O–H groups in total. The Balaban J connectivity index is 1.21. The third-order valence-electron chi connectivity index (χ3n) is 7.71. The lowest BCUT2D eigenvalue weighted by atomic mass is 10.1. The number of aliphatic carboxylic acids is 1. The molecular weight excluding hydrogens is 601 g/mol. The van der Waals surface area contributed by atoms with E-state index < -0.39 is 23.3 Å². The maximum absolute atomic E-state index is 13.3. The number of carboxylic acid groups (broad SMARTS) is 1. The van der Waals surface area contributed by atoms with Crippen LogP contribution in [0.4, 0.5) is 19.1 Å². The van der Waals surface area contributed by atoms with Crippen molar-refractivity contribution in [2.75, 3.05) is 11.4 Å². The fourth-order valence-electron chi connectivity index (χ4n) is 4.82. The van der Waals surface area contributed by atoms with Crippen molar-refractivity contribution in [3.8, 4) is 28.7 Å². The van der Waals surface area contributed by atoms with Crippen molar-refractivity contribution in [2.24, 2.45) is 0 Å². The molecule has 5 aromatic rings. The third-order valence-corrected chi connectivity index (χ3v) is 7.71. The van der Waals surface area contributed by atoms with Crippen molar-refractivity contribution in [1.82, 2.24) is 15.1 Å². The molecule has 46 heavy (non-hydrogen) atoms. The number of rotatable bonds is 12. The lowest BCUT2D eigenvalue weighted by molar-refractivity contribution is -0.152. The zero-order valence-corrected chi connectivity index (χ0v) is 25.1. The normalized spacial score (nSPS) is 13.5. The number of nitrogens with zero attached hydrogens (tertiary/aromatic N) is 4. The molecule has 0 bridgehead atoms. The minimum absolute atomic E-state index is 0.0284. The number of alkyl halides is 3. The number of oxazole rings is 1. The van der Waals surface area contributed by atoms with Gasteiger partial charge in [0.1, 0.15) is 12.0 Å². The lowest BCUT2D eigenvalue weighted by Gasteiger charge is -2.22. The summed E-state index contributed by atoms with van der Waals surface area (Å²) in [6, 6.07) is 19.6. The molecule has 2 aromatic heterocycles. The van der Waals surface area contributed by atoms with E-state index in [1.807, 2.05) is 41.3 Å². The van der Waals surface area contributed by atoms with Crippen molar-refractivity contribution in [2.45, 2.75) is 57.3 Å². The predicted octanol–water partition coefficient (Wildman–Crippen LogP) is 7.78. The van der Waals surface area contributed by atoms with E-state index in [1.165, 1.54) is 26.0 Å². The zero-order chi connectivity index (χ0) is 32.5. The van der Waals surface area contributed by atoms with Crippen molar-refractivity contribution >= 4 is 11.9 Å². The van der Waals surface area contributed by atoms with E-state index in [-0.39, 0.29) is 17.4 Å². The number of hydrogen-bond donors (Lipinski definition) is 1. The molecule has 0 aliphatic heterocycles. The number of carbonyl (C=O) groups is 1. The zero-order valence-electron chi connectivity index (χ0n) is 25.1. The molecular formula is C34H31F3N4O5. The van der Waals surface area contributed by atoms with Gasteiger partial charge in [0, 0.05) is 30.1 Å². The molecule has 0 radical (unpaired) electrons. The molecule has 0 saturated heterocycles. The molecule has 3 aromatic carbocycles. The third kappa shape index (κ3) is 7.22. The Bertz CT molecular complexity index is 1810. The van der Waals surface area contributed by atoms with Crippen molar-refractivity contribution in [3.05, 3.63) is 101 Å². The summed E-state index contributed by atoms with van der Waals surface area (Å²) in [6.07, 6.45) is 0.0207. The van der Waals surface area contributed by atoms with Gasteiger partial charge in [0.05, 0.1) is 11.3 Å². The Morgan fingerprint density at radius 2 is 1.67 bits per heavy atom. The van der Waals surface area contributed by atoms with E-state index in [9.17, 15) is 23.1 Å². The average molecular weight is 633 g/mol. The first-order valence-electron chi connectivity index (χ1n) is 14.8. The second-order valence-electron chi connectivity index (χ2n) is 11.8. The maximum Gasteiger partial charge on any atom is 0.416 e. The Morgan fingerprint density at radius 3 is 2.35 bits per heavy atom. The first-order valence-corrected chi connectivity index (χ1v) is 14.8. The monoisotopic (exact) mass is 632 g/mol. The van der Waals surface area contributed by atoms with Gasteiger partial charge in [-0.3, -0.25) is 0 Å². The summed E-state index contributed by atoms with van der Waals surface area (Å²) in [5.41, 5.74) is 1.67. The van der Waals surface area contributed by atoms with Crippen LogP contribution in [0.1, 0.15) is 55.0 Å². The predicted molar refractivity (Wildman–Crippen MR) is 162 cm³/mol. The molecule has 0 unspecified atom stereocenters. The molecule has 1 aliphatic rings. The van der Waals surface area contributed by atoms with E-state index in [0.29, 0.717) is 37.1 Å². The number of ether oxygens (including phenoxy) is 1. The van der Waals surface area contributed by atoms with Crippen molar-refractivity contribution in [3.63, 3.8) is 0 Å². The smallest absolute Gasteiger partial charge is 0.416 e. The van der Waals surface area contributed by atoms with E-state index in [2.05, 4.69) is 15.1 Å². The molecule has 0 amide bonds. The van der Waals surface area contributed by atoms with Crippen LogP contribution in [-0.4, -0.2) is 38.3 Å². The second kappa shape index (κ2) is 12.3. The highest BCUT2D eigenvalue weighted by Gasteiger charge is 2.31. The number of anilines is 1. The van der Waals surface area contributed by atoms with Crippen LogP contribution in [0.5, 0.6) is 5.75 Å². The topological polar surface area (TPSA) is 115 Å². The van der Waals surface area contributed by atoms with Gasteiger partial charge in [-0.05, 0) is 91.9 Å². The molecule has 0 spiro atoms. The summed E-state index contributed by atoms with van der Waals surface area (Å²) in [7, 11) is 0. The standard InChI is InChI=1S/C34H31F3N4O5/c1-33(2,31(42)43)45-27-14-8-21(9-15-27)16-17-41(32-39-30(46-40-32)25-4-3-5-26(18-25)34(35,36)37)19-22-6-10-24(11-7-22)29-38-28(20-44-29)23-12-13-23/h3-11,14-15,18,20,23H,12-13,16-17,19H2,1-2H3,(H,42,43). The Labute approximate surface area is 262 Å². The average Bonchev–Trinajstić information content (AvgIpc) is 3.54. The van der Waals surface area contributed by atoms with E-state index >= 15 is 0 Å². The highest BCUT2D eigenvalue weighted by atomic mass is 19.4. The van der Waals surface area contributed by atoms with Gasteiger partial charge in [-0.25, -0.2) is 9.78 Å². The summed E-state index contributed by atoms with van der Waals surface area (Å²) in [5.74, 6) is 0.594. The molecule has 2 heterocycles. The van der Waals surface area contributed by atoms with Gasteiger partial charge < -0.3 is 23.7 Å². The first kappa shape index (κ1) is 30.9. The molecule has 1 saturated carbocycles. The Morgan fingerprint density at radius 1 is 0.957 bits per heavy atom. The van der Waals surface area contributed by atoms with Crippen LogP contribution in [0, 0.1) is 0 Å². The van der Waals surface area contributed by atoms with Crippen LogP contribution in [-0.2, 0) is 23.9 Å². The minimum Gasteiger partial charge on any atom is -0.478 e. The van der Waals surface area contributed by atoms with E-state index in [1.54, 1.807) is 18.4 Å². The molecule has 238 valence electrons. The van der Waals surface area contributed by atoms with Gasteiger partial charge in [-0.2, -0.15) is 18.2 Å². The van der Waals surface area contributed by atoms with Gasteiger partial charge in [0.2, 0.25) is 5.89 Å². The SMILES string of the molecule is CC(C)(Oc1ccc(CCN(Cc2ccc(-c3nc(C4CC4)co3)cc2)c2noc(-c3cccc(C(F)(F)F)c3)n2)cc1)C(=O)O. The van der Waals surface area contributed by atoms with Gasteiger partial charge >= 0.3 is 12.1 Å². The van der Waals surface area contributed by atoms with Crippen molar-refractivity contribution in [1.29, 1.82) is 0 Å². The van der Waals surface area contributed by atoms with Crippen LogP contribution in [0.15, 0.2) is 88.0 Å². The van der Waals surface area contributed by atoms with Crippen LogP contribution >= 0.6 is 0 Å². The molecule has 6 rings (SSSR count). The van der Waals surface area contributed by atoms with Gasteiger partial charge in [-0.15, -0.1) is 0 Å². The molecule has 12 heteroatoms. The van der Waals surface area contributed by atoms with Gasteiger partial charge in [-0.1, -0.05) is 30.3 Å². The van der Waals surface area contributed by atoms with Gasteiger partial charge in [0.25, 0.3) is 11.8 Å². The van der Waals surface area contributed by atoms with Crippen LogP contribution in [0.3, 0.4) is 0 Å². The Hall–Kier alpha value is -5.13. The number of halogens is 3. The van der Waals surface area contributed by atoms with E-state index in [4.69, 9.17) is 13.7 Å². The van der Waals surface area contributed by atoms with Crippen LogP contribution in [0.2, 0.25) is 0 Å². The molecule has 0 atom stereocenters. The van der Waals surface area contributed by atoms with Crippen molar-refractivity contribution < 1.29 is 36.7 Å². The number of carboxylic acids is 1. The maximum atomic E-state index is 13.3. The number of benzene rings is 3. The summed E-state index contributed by atoms with van der Waals surface area (Å²) in [4.78, 5) is 22.4. The number of aromatic nitrogens is 3. The van der Waals surface area contributed by atoms with E-state index in [0.717, 1.165) is 47.4 Å². The highest BCUT2D eigenvalue weighted by molar-refractivity contribution is 5.76. The fourth-order valence-corrected chi connectivity index (χ4v) is 4.82. The van der Waals surface area contributed by atoms with Gasteiger partial charge in [0.15, 0.2) is 5.60 Å². The minimum atomic E-state index is -4.51. The molecule has 1 fully saturated rings. The number of hydrogen-bond acceptors (Lipinski definition) is 8. The van der Waals surface area contributed by atoms with Crippen LogP contribution in [0.25, 0.3) is 22.9 Å². The Kier molecular flexibility index (Phi) is 8.28.